The molecule has 0 unspecified atom stereocenters. The van der Waals surface area contributed by atoms with Crippen molar-refractivity contribution in [2.45, 2.75) is 11.8 Å². The Morgan fingerprint density at radius 3 is 2.54 bits per heavy atom. The summed E-state index contributed by atoms with van der Waals surface area (Å²) in [5.41, 5.74) is 5.11. The van der Waals surface area contributed by atoms with Crippen LogP contribution in [0.1, 0.15) is 17.3 Å². The van der Waals surface area contributed by atoms with Crippen molar-refractivity contribution in [3.8, 4) is 5.75 Å². The maximum absolute atomic E-state index is 11.9. The summed E-state index contributed by atoms with van der Waals surface area (Å²) in [5.74, 6) is 0.255. The molecule has 0 atom stereocenters. The van der Waals surface area contributed by atoms with E-state index in [9.17, 15) is 9.59 Å². The second-order valence-corrected chi connectivity index (χ2v) is 6.19. The fraction of sp³-hybridized carbons (Fsp3) is 0.176. The van der Waals surface area contributed by atoms with Gasteiger partial charge in [-0.05, 0) is 49.4 Å². The predicted octanol–water partition coefficient (Wildman–Crippen LogP) is 3.29. The lowest BCUT2D eigenvalue weighted by Gasteiger charge is -2.08. The number of thioether (sulfide) groups is 1. The Morgan fingerprint density at radius 1 is 1.12 bits per heavy atom. The van der Waals surface area contributed by atoms with E-state index in [1.54, 1.807) is 18.2 Å². The van der Waals surface area contributed by atoms with Crippen LogP contribution in [0.25, 0.3) is 0 Å². The van der Waals surface area contributed by atoms with Crippen LogP contribution in [0, 0.1) is 0 Å². The first kappa shape index (κ1) is 18.2. The van der Waals surface area contributed by atoms with Crippen molar-refractivity contribution in [3.05, 3.63) is 59.1 Å². The average Bonchev–Trinajstić information content (AvgIpc) is 2.59. The highest BCUT2D eigenvalue weighted by molar-refractivity contribution is 8.00. The van der Waals surface area contributed by atoms with Crippen LogP contribution in [0.5, 0.6) is 5.75 Å². The van der Waals surface area contributed by atoms with E-state index < -0.39 is 5.91 Å². The van der Waals surface area contributed by atoms with Crippen LogP contribution >= 0.6 is 23.4 Å². The van der Waals surface area contributed by atoms with Crippen molar-refractivity contribution in [1.82, 2.24) is 10.9 Å². The average molecular weight is 365 g/mol. The molecule has 0 aliphatic heterocycles. The lowest BCUT2D eigenvalue weighted by atomic mass is 10.2. The Hall–Kier alpha value is -2.18. The zero-order valence-corrected chi connectivity index (χ0v) is 14.6. The van der Waals surface area contributed by atoms with Gasteiger partial charge in [0, 0.05) is 15.5 Å². The summed E-state index contributed by atoms with van der Waals surface area (Å²) in [5, 5.41) is 0.458. The number of hydrogen-bond acceptors (Lipinski definition) is 4. The lowest BCUT2D eigenvalue weighted by Crippen LogP contribution is -2.42. The van der Waals surface area contributed by atoms with Gasteiger partial charge in [-0.25, -0.2) is 0 Å². The molecule has 126 valence electrons. The molecule has 0 aliphatic carbocycles. The highest BCUT2D eigenvalue weighted by atomic mass is 35.5. The van der Waals surface area contributed by atoms with E-state index in [0.29, 0.717) is 17.2 Å². The Balaban J connectivity index is 1.76. The summed E-state index contributed by atoms with van der Waals surface area (Å²) in [7, 11) is 0. The number of benzene rings is 2. The molecule has 2 N–H and O–H groups in total. The van der Waals surface area contributed by atoms with Crippen molar-refractivity contribution in [3.63, 3.8) is 0 Å². The number of ether oxygens (including phenoxy) is 1. The molecule has 2 aromatic rings. The zero-order chi connectivity index (χ0) is 17.4. The van der Waals surface area contributed by atoms with E-state index in [4.69, 9.17) is 16.3 Å². The monoisotopic (exact) mass is 364 g/mol. The molecule has 2 rings (SSSR count). The molecule has 7 heteroatoms. The zero-order valence-electron chi connectivity index (χ0n) is 13.0. The Bertz CT molecular complexity index is 707. The minimum absolute atomic E-state index is 0.184. The highest BCUT2D eigenvalue weighted by Gasteiger charge is 2.08. The third-order valence-corrected chi connectivity index (χ3v) is 4.15. The number of rotatable bonds is 6. The Kier molecular flexibility index (Phi) is 6.96. The third kappa shape index (κ3) is 5.79. The second-order valence-electron chi connectivity index (χ2n) is 4.71. The molecule has 0 aromatic heterocycles. The quantitative estimate of drug-likeness (QED) is 0.609. The summed E-state index contributed by atoms with van der Waals surface area (Å²) in [4.78, 5) is 24.6. The van der Waals surface area contributed by atoms with Crippen LogP contribution in [0.15, 0.2) is 53.4 Å². The number of nitrogens with one attached hydrogen (secondary N) is 2. The first-order valence-corrected chi connectivity index (χ1v) is 8.65. The number of halogens is 1. The van der Waals surface area contributed by atoms with E-state index in [1.165, 1.54) is 17.8 Å². The van der Waals surface area contributed by atoms with Gasteiger partial charge < -0.3 is 4.74 Å². The topological polar surface area (TPSA) is 67.4 Å². The van der Waals surface area contributed by atoms with E-state index in [1.807, 2.05) is 31.2 Å². The van der Waals surface area contributed by atoms with Crippen molar-refractivity contribution in [1.29, 1.82) is 0 Å². The standard InChI is InChI=1S/C17H17ClN2O3S/c1-2-23-14-6-8-15(9-7-14)24-11-16(21)19-20-17(22)12-4-3-5-13(18)10-12/h3-10H,2,11H2,1H3,(H,19,21)(H,20,22). The molecule has 0 heterocycles. The Labute approximate surface area is 149 Å². The molecule has 2 amide bonds. The maximum Gasteiger partial charge on any atom is 0.269 e. The van der Waals surface area contributed by atoms with Crippen molar-refractivity contribution >= 4 is 35.2 Å². The fourth-order valence-electron chi connectivity index (χ4n) is 1.81. The fourth-order valence-corrected chi connectivity index (χ4v) is 2.70. The highest BCUT2D eigenvalue weighted by Crippen LogP contribution is 2.21. The van der Waals surface area contributed by atoms with Crippen molar-refractivity contribution in [2.75, 3.05) is 12.4 Å². The van der Waals surface area contributed by atoms with Gasteiger partial charge in [0.2, 0.25) is 5.91 Å². The summed E-state index contributed by atoms with van der Waals surface area (Å²) >= 11 is 7.19. The molecule has 0 fully saturated rings. The molecule has 0 saturated heterocycles. The molecule has 0 saturated carbocycles. The van der Waals surface area contributed by atoms with Crippen LogP contribution in [0.4, 0.5) is 0 Å². The van der Waals surface area contributed by atoms with Gasteiger partial charge in [0.1, 0.15) is 5.75 Å². The molecular weight excluding hydrogens is 348 g/mol. The van der Waals surface area contributed by atoms with Gasteiger partial charge in [0.05, 0.1) is 12.4 Å². The molecule has 0 bridgehead atoms. The van der Waals surface area contributed by atoms with Crippen LogP contribution < -0.4 is 15.6 Å². The largest absolute Gasteiger partial charge is 0.494 e. The van der Waals surface area contributed by atoms with E-state index in [-0.39, 0.29) is 11.7 Å². The van der Waals surface area contributed by atoms with Gasteiger partial charge >= 0.3 is 0 Å². The molecule has 0 radical (unpaired) electrons. The van der Waals surface area contributed by atoms with Gasteiger partial charge in [-0.3, -0.25) is 20.4 Å². The smallest absolute Gasteiger partial charge is 0.269 e. The van der Waals surface area contributed by atoms with Gasteiger partial charge in [-0.1, -0.05) is 17.7 Å². The minimum atomic E-state index is -0.420. The number of carbonyl (C=O) groups is 2. The van der Waals surface area contributed by atoms with Crippen LogP contribution in [-0.2, 0) is 4.79 Å². The van der Waals surface area contributed by atoms with E-state index in [0.717, 1.165) is 10.6 Å². The number of hydrazine groups is 1. The van der Waals surface area contributed by atoms with Crippen molar-refractivity contribution < 1.29 is 14.3 Å². The van der Waals surface area contributed by atoms with E-state index in [2.05, 4.69) is 10.9 Å². The molecule has 24 heavy (non-hydrogen) atoms. The second kappa shape index (κ2) is 9.20. The first-order chi connectivity index (χ1) is 11.6. The van der Waals surface area contributed by atoms with Crippen LogP contribution in [0.2, 0.25) is 5.02 Å². The molecule has 0 aliphatic rings. The number of hydrogen-bond donors (Lipinski definition) is 2. The summed E-state index contributed by atoms with van der Waals surface area (Å²) < 4.78 is 5.36. The third-order valence-electron chi connectivity index (χ3n) is 2.91. The lowest BCUT2D eigenvalue weighted by molar-refractivity contribution is -0.119. The normalized spacial score (nSPS) is 10.1. The molecule has 0 spiro atoms. The Morgan fingerprint density at radius 2 is 1.88 bits per heavy atom. The molecule has 2 aromatic carbocycles. The van der Waals surface area contributed by atoms with E-state index >= 15 is 0 Å². The van der Waals surface area contributed by atoms with Crippen LogP contribution in [0.3, 0.4) is 0 Å². The van der Waals surface area contributed by atoms with Gasteiger partial charge in [-0.15, -0.1) is 11.8 Å². The van der Waals surface area contributed by atoms with Gasteiger partial charge in [0.15, 0.2) is 0 Å². The van der Waals surface area contributed by atoms with Crippen molar-refractivity contribution in [2.24, 2.45) is 0 Å². The summed E-state index contributed by atoms with van der Waals surface area (Å²) in [6.45, 7) is 2.53. The maximum atomic E-state index is 11.9. The number of carbonyl (C=O) groups excluding carboxylic acids is 2. The van der Waals surface area contributed by atoms with Gasteiger partial charge in [-0.2, -0.15) is 0 Å². The first-order valence-electron chi connectivity index (χ1n) is 7.29. The molecular formula is C17H17ClN2O3S. The summed E-state index contributed by atoms with van der Waals surface area (Å²) in [6.07, 6.45) is 0. The van der Waals surface area contributed by atoms with Gasteiger partial charge in [0.25, 0.3) is 5.91 Å². The SMILES string of the molecule is CCOc1ccc(SCC(=O)NNC(=O)c2cccc(Cl)c2)cc1. The molecule has 5 nitrogen and oxygen atoms in total. The predicted molar refractivity (Wildman–Crippen MR) is 95.4 cm³/mol. The van der Waals surface area contributed by atoms with Crippen LogP contribution in [-0.4, -0.2) is 24.2 Å². The number of amides is 2. The minimum Gasteiger partial charge on any atom is -0.494 e. The summed E-state index contributed by atoms with van der Waals surface area (Å²) in [6, 6.07) is 13.9.